The minimum Gasteiger partial charge on any atom is -0.353 e. The van der Waals surface area contributed by atoms with Crippen LogP contribution in [0.3, 0.4) is 0 Å². The number of benzene rings is 1. The highest BCUT2D eigenvalue weighted by Crippen LogP contribution is 2.20. The van der Waals surface area contributed by atoms with E-state index in [1.165, 1.54) is 0 Å². The molecule has 1 rings (SSSR count). The number of nitrogens with one attached hydrogen (secondary N) is 2. The molecule has 0 saturated carbocycles. The zero-order chi connectivity index (χ0) is 15.5. The van der Waals surface area contributed by atoms with Crippen molar-refractivity contribution in [3.63, 3.8) is 0 Å². The molecule has 6 heteroatoms. The van der Waals surface area contributed by atoms with Gasteiger partial charge in [0.15, 0.2) is 0 Å². The molecule has 1 aromatic carbocycles. The topological polar surface area (TPSA) is 44.4 Å². The van der Waals surface area contributed by atoms with Gasteiger partial charge in [-0.3, -0.25) is 9.69 Å². The molecule has 0 bridgehead atoms. The molecule has 0 saturated heterocycles. The van der Waals surface area contributed by atoms with Crippen molar-refractivity contribution in [1.29, 1.82) is 0 Å². The summed E-state index contributed by atoms with van der Waals surface area (Å²) in [6, 6.07) is 9.81. The largest absolute Gasteiger partial charge is 0.353 e. The van der Waals surface area contributed by atoms with Crippen molar-refractivity contribution < 1.29 is 4.79 Å². The fraction of sp³-hybridized carbons (Fsp3) is 0.588. The third-order valence-corrected chi connectivity index (χ3v) is 3.57. The number of rotatable bonds is 10. The number of carbonyl (C=O) groups is 1. The van der Waals surface area contributed by atoms with E-state index in [1.807, 2.05) is 30.3 Å². The molecule has 0 fully saturated rings. The van der Waals surface area contributed by atoms with Crippen molar-refractivity contribution in [3.05, 3.63) is 35.9 Å². The molecule has 134 valence electrons. The fourth-order valence-electron chi connectivity index (χ4n) is 2.42. The maximum atomic E-state index is 12.6. The number of halogens is 2. The van der Waals surface area contributed by atoms with Crippen molar-refractivity contribution in [2.24, 2.45) is 0 Å². The number of amides is 1. The first-order valence-corrected chi connectivity index (χ1v) is 8.01. The maximum Gasteiger partial charge on any atom is 0.242 e. The zero-order valence-corrected chi connectivity index (χ0v) is 16.0. The molecule has 1 amide bonds. The van der Waals surface area contributed by atoms with E-state index in [2.05, 4.69) is 36.3 Å². The summed E-state index contributed by atoms with van der Waals surface area (Å²) in [5.41, 5.74) is 1.06. The Morgan fingerprint density at radius 2 is 1.61 bits per heavy atom. The molecule has 0 radical (unpaired) electrons. The highest BCUT2D eigenvalue weighted by Gasteiger charge is 2.25. The van der Waals surface area contributed by atoms with E-state index in [1.54, 1.807) is 0 Å². The summed E-state index contributed by atoms with van der Waals surface area (Å²) < 4.78 is 0. The second kappa shape index (κ2) is 14.8. The van der Waals surface area contributed by atoms with Crippen molar-refractivity contribution in [2.75, 3.05) is 32.7 Å². The second-order valence-electron chi connectivity index (χ2n) is 5.08. The molecule has 0 aromatic heterocycles. The standard InChI is InChI=1S/C17H29N3O.2ClH/c1-4-12-18-13-14-19-17(21)16(20(5-2)6-3)15-10-8-7-9-11-15;;/h7-11,16,18H,4-6,12-14H2,1-3H3,(H,19,21);2*1H. The Morgan fingerprint density at radius 3 is 2.13 bits per heavy atom. The van der Waals surface area contributed by atoms with Gasteiger partial charge in [-0.05, 0) is 31.6 Å². The van der Waals surface area contributed by atoms with Crippen LogP contribution in [0, 0.1) is 0 Å². The fourth-order valence-corrected chi connectivity index (χ4v) is 2.42. The number of hydrogen-bond acceptors (Lipinski definition) is 3. The number of carbonyl (C=O) groups excluding carboxylic acids is 1. The molecule has 23 heavy (non-hydrogen) atoms. The highest BCUT2D eigenvalue weighted by molar-refractivity contribution is 5.85. The lowest BCUT2D eigenvalue weighted by Crippen LogP contribution is -2.42. The van der Waals surface area contributed by atoms with Gasteiger partial charge in [0.2, 0.25) is 5.91 Å². The molecule has 0 aliphatic heterocycles. The van der Waals surface area contributed by atoms with Crippen molar-refractivity contribution in [2.45, 2.75) is 33.2 Å². The molecule has 0 spiro atoms. The Bertz CT molecular complexity index is 400. The van der Waals surface area contributed by atoms with Crippen LogP contribution in [0.25, 0.3) is 0 Å². The second-order valence-corrected chi connectivity index (χ2v) is 5.08. The van der Waals surface area contributed by atoms with E-state index < -0.39 is 0 Å². The zero-order valence-electron chi connectivity index (χ0n) is 14.4. The van der Waals surface area contributed by atoms with Gasteiger partial charge in [0.1, 0.15) is 6.04 Å². The van der Waals surface area contributed by atoms with E-state index >= 15 is 0 Å². The molecule has 0 aliphatic rings. The van der Waals surface area contributed by atoms with Crippen LogP contribution in [-0.4, -0.2) is 43.5 Å². The quantitative estimate of drug-likeness (QED) is 0.628. The highest BCUT2D eigenvalue weighted by atomic mass is 35.5. The van der Waals surface area contributed by atoms with Gasteiger partial charge >= 0.3 is 0 Å². The first kappa shape index (κ1) is 24.4. The summed E-state index contributed by atoms with van der Waals surface area (Å²) in [5.74, 6) is 0.0863. The average molecular weight is 364 g/mol. The summed E-state index contributed by atoms with van der Waals surface area (Å²) in [5, 5.41) is 6.34. The van der Waals surface area contributed by atoms with Crippen molar-refractivity contribution in [3.8, 4) is 0 Å². The van der Waals surface area contributed by atoms with E-state index in [9.17, 15) is 4.79 Å². The van der Waals surface area contributed by atoms with Gasteiger partial charge in [-0.15, -0.1) is 24.8 Å². The van der Waals surface area contributed by atoms with Crippen LogP contribution in [0.4, 0.5) is 0 Å². The molecule has 0 heterocycles. The Kier molecular flexibility index (Phi) is 15.7. The van der Waals surface area contributed by atoms with E-state index in [0.29, 0.717) is 6.54 Å². The van der Waals surface area contributed by atoms with Gasteiger partial charge < -0.3 is 10.6 Å². The van der Waals surface area contributed by atoms with Crippen LogP contribution in [0.1, 0.15) is 38.8 Å². The third kappa shape index (κ3) is 8.56. The molecule has 1 unspecified atom stereocenters. The van der Waals surface area contributed by atoms with Gasteiger partial charge in [0.05, 0.1) is 0 Å². The normalized spacial score (nSPS) is 11.3. The van der Waals surface area contributed by atoms with Gasteiger partial charge in [-0.25, -0.2) is 0 Å². The Labute approximate surface area is 153 Å². The summed E-state index contributed by atoms with van der Waals surface area (Å²) in [6.45, 7) is 10.5. The Hall–Kier alpha value is -0.810. The number of hydrogen-bond donors (Lipinski definition) is 2. The first-order valence-electron chi connectivity index (χ1n) is 8.01. The molecule has 1 aromatic rings. The Balaban J connectivity index is 0. The van der Waals surface area contributed by atoms with Gasteiger partial charge in [0.25, 0.3) is 0 Å². The van der Waals surface area contributed by atoms with Crippen LogP contribution in [-0.2, 0) is 4.79 Å². The van der Waals surface area contributed by atoms with E-state index in [4.69, 9.17) is 0 Å². The SMILES string of the molecule is CCCNCCNC(=O)C(c1ccccc1)N(CC)CC.Cl.Cl. The summed E-state index contributed by atoms with van der Waals surface area (Å²) >= 11 is 0. The van der Waals surface area contributed by atoms with Crippen molar-refractivity contribution >= 4 is 30.7 Å². The lowest BCUT2D eigenvalue weighted by Gasteiger charge is -2.29. The summed E-state index contributed by atoms with van der Waals surface area (Å²) in [4.78, 5) is 14.7. The monoisotopic (exact) mass is 363 g/mol. The minimum atomic E-state index is -0.202. The van der Waals surface area contributed by atoms with Gasteiger partial charge in [-0.2, -0.15) is 0 Å². The van der Waals surface area contributed by atoms with E-state index in [0.717, 1.165) is 38.2 Å². The third-order valence-electron chi connectivity index (χ3n) is 3.57. The lowest BCUT2D eigenvalue weighted by atomic mass is 10.0. The molecule has 2 N–H and O–H groups in total. The lowest BCUT2D eigenvalue weighted by molar-refractivity contribution is -0.126. The summed E-state index contributed by atoms with van der Waals surface area (Å²) in [7, 11) is 0. The molecule has 1 atom stereocenters. The first-order chi connectivity index (χ1) is 10.2. The predicted molar refractivity (Wildman–Crippen MR) is 103 cm³/mol. The van der Waals surface area contributed by atoms with Crippen LogP contribution in [0.15, 0.2) is 30.3 Å². The van der Waals surface area contributed by atoms with Gasteiger partial charge in [-0.1, -0.05) is 51.1 Å². The van der Waals surface area contributed by atoms with Crippen LogP contribution >= 0.6 is 24.8 Å². The van der Waals surface area contributed by atoms with Crippen LogP contribution < -0.4 is 10.6 Å². The smallest absolute Gasteiger partial charge is 0.242 e. The molecule has 0 aliphatic carbocycles. The number of likely N-dealkylation sites (N-methyl/N-ethyl adjacent to an activating group) is 1. The molecule has 4 nitrogen and oxygen atoms in total. The van der Waals surface area contributed by atoms with Crippen molar-refractivity contribution in [1.82, 2.24) is 15.5 Å². The van der Waals surface area contributed by atoms with E-state index in [-0.39, 0.29) is 36.8 Å². The average Bonchev–Trinajstić information content (AvgIpc) is 2.52. The minimum absolute atomic E-state index is 0. The van der Waals surface area contributed by atoms with Crippen LogP contribution in [0.5, 0.6) is 0 Å². The number of nitrogens with zero attached hydrogens (tertiary/aromatic N) is 1. The maximum absolute atomic E-state index is 12.6. The predicted octanol–water partition coefficient (Wildman–Crippen LogP) is 3.03. The Morgan fingerprint density at radius 1 is 1.00 bits per heavy atom. The summed E-state index contributed by atoms with van der Waals surface area (Å²) in [6.07, 6.45) is 1.11. The van der Waals surface area contributed by atoms with Gasteiger partial charge in [0, 0.05) is 13.1 Å². The van der Waals surface area contributed by atoms with Crippen LogP contribution in [0.2, 0.25) is 0 Å². The molecular formula is C17H31Cl2N3O. The molecular weight excluding hydrogens is 333 g/mol.